The first-order valence-corrected chi connectivity index (χ1v) is 8.60. The Morgan fingerprint density at radius 2 is 1.96 bits per heavy atom. The molecule has 1 unspecified atom stereocenters. The van der Waals surface area contributed by atoms with Gasteiger partial charge in [0.2, 0.25) is 0 Å². The van der Waals surface area contributed by atoms with Crippen LogP contribution in [0.25, 0.3) is 0 Å². The minimum absolute atomic E-state index is 0.133. The van der Waals surface area contributed by atoms with Gasteiger partial charge in [-0.2, -0.15) is 0 Å². The maximum atomic E-state index is 12.3. The Morgan fingerprint density at radius 3 is 2.62 bits per heavy atom. The molecular weight excluding hydrogens is 308 g/mol. The molecule has 0 aliphatic carbocycles. The lowest BCUT2D eigenvalue weighted by Crippen LogP contribution is -2.46. The summed E-state index contributed by atoms with van der Waals surface area (Å²) in [6.07, 6.45) is 4.51. The Kier molecular flexibility index (Phi) is 5.48. The molecule has 2 saturated heterocycles. The van der Waals surface area contributed by atoms with E-state index in [1.165, 1.54) is 12.1 Å². The zero-order valence-corrected chi connectivity index (χ0v) is 13.7. The summed E-state index contributed by atoms with van der Waals surface area (Å²) in [5.74, 6) is -1.22. The Labute approximate surface area is 141 Å². The summed E-state index contributed by atoms with van der Waals surface area (Å²) < 4.78 is 5.68. The lowest BCUT2D eigenvalue weighted by molar-refractivity contribution is 0.0612. The van der Waals surface area contributed by atoms with Crippen molar-refractivity contribution in [2.24, 2.45) is 0 Å². The highest BCUT2D eigenvalue weighted by molar-refractivity contribution is 5.97. The molecule has 6 heteroatoms. The van der Waals surface area contributed by atoms with Crippen molar-refractivity contribution in [3.05, 3.63) is 35.4 Å². The average molecular weight is 332 g/mol. The number of aromatic carboxylic acids is 1. The molecule has 24 heavy (non-hydrogen) atoms. The van der Waals surface area contributed by atoms with E-state index in [9.17, 15) is 9.59 Å². The van der Waals surface area contributed by atoms with E-state index in [0.717, 1.165) is 51.9 Å². The van der Waals surface area contributed by atoms with E-state index in [0.29, 0.717) is 11.7 Å². The second-order valence-corrected chi connectivity index (χ2v) is 6.57. The summed E-state index contributed by atoms with van der Waals surface area (Å²) in [6, 6.07) is 6.30. The summed E-state index contributed by atoms with van der Waals surface area (Å²) in [7, 11) is 0. The van der Waals surface area contributed by atoms with Crippen LogP contribution in [0.2, 0.25) is 0 Å². The van der Waals surface area contributed by atoms with Gasteiger partial charge in [0.15, 0.2) is 0 Å². The fraction of sp³-hybridized carbons (Fsp3) is 0.556. The Bertz CT molecular complexity index is 590. The number of nitrogens with one attached hydrogen (secondary N) is 1. The monoisotopic (exact) mass is 332 g/mol. The number of carbonyl (C=O) groups excluding carboxylic acids is 1. The lowest BCUT2D eigenvalue weighted by Gasteiger charge is -2.33. The molecule has 2 aliphatic heterocycles. The molecule has 1 aromatic rings. The molecule has 130 valence electrons. The summed E-state index contributed by atoms with van der Waals surface area (Å²) in [5, 5.41) is 12.0. The van der Waals surface area contributed by atoms with Crippen molar-refractivity contribution in [1.82, 2.24) is 10.2 Å². The SMILES string of the molecule is O=C(O)c1cccc(C(=O)NC2CCN(CC3CCCO3)CC2)c1. The van der Waals surface area contributed by atoms with E-state index < -0.39 is 5.97 Å². The summed E-state index contributed by atoms with van der Waals surface area (Å²) in [4.78, 5) is 25.7. The first-order valence-electron chi connectivity index (χ1n) is 8.60. The van der Waals surface area contributed by atoms with Crippen LogP contribution in [0.5, 0.6) is 0 Å². The molecule has 0 bridgehead atoms. The van der Waals surface area contributed by atoms with Crippen molar-refractivity contribution < 1.29 is 19.4 Å². The Balaban J connectivity index is 1.47. The molecule has 6 nitrogen and oxygen atoms in total. The number of hydrogen-bond acceptors (Lipinski definition) is 4. The Morgan fingerprint density at radius 1 is 1.21 bits per heavy atom. The highest BCUT2D eigenvalue weighted by Crippen LogP contribution is 2.17. The smallest absolute Gasteiger partial charge is 0.335 e. The number of rotatable bonds is 5. The normalized spacial score (nSPS) is 22.4. The van der Waals surface area contributed by atoms with Crippen LogP contribution < -0.4 is 5.32 Å². The third-order valence-corrected chi connectivity index (χ3v) is 4.78. The van der Waals surface area contributed by atoms with Gasteiger partial charge < -0.3 is 20.1 Å². The zero-order valence-electron chi connectivity index (χ0n) is 13.7. The second kappa shape index (κ2) is 7.77. The molecule has 2 N–H and O–H groups in total. The van der Waals surface area contributed by atoms with E-state index in [2.05, 4.69) is 10.2 Å². The molecule has 0 aromatic heterocycles. The van der Waals surface area contributed by atoms with E-state index in [4.69, 9.17) is 9.84 Å². The number of carbonyl (C=O) groups is 2. The maximum absolute atomic E-state index is 12.3. The molecule has 2 fully saturated rings. The standard InChI is InChI=1S/C18H24N2O4/c21-17(13-3-1-4-14(11-13)18(22)23)19-15-6-8-20(9-7-15)12-16-5-2-10-24-16/h1,3-4,11,15-16H,2,5-10,12H2,(H,19,21)(H,22,23). The average Bonchev–Trinajstić information content (AvgIpc) is 3.10. The summed E-state index contributed by atoms with van der Waals surface area (Å²) in [5.41, 5.74) is 0.533. The minimum atomic E-state index is -1.02. The topological polar surface area (TPSA) is 78.9 Å². The van der Waals surface area contributed by atoms with Gasteiger partial charge in [-0.05, 0) is 43.9 Å². The van der Waals surface area contributed by atoms with Gasteiger partial charge in [0.25, 0.3) is 5.91 Å². The van der Waals surface area contributed by atoms with Crippen molar-refractivity contribution in [3.63, 3.8) is 0 Å². The largest absolute Gasteiger partial charge is 0.478 e. The molecule has 0 radical (unpaired) electrons. The number of carboxylic acids is 1. The molecule has 0 saturated carbocycles. The number of benzene rings is 1. The molecule has 3 rings (SSSR count). The fourth-order valence-corrected chi connectivity index (χ4v) is 3.40. The first-order chi connectivity index (χ1) is 11.6. The van der Waals surface area contributed by atoms with Crippen LogP contribution in [0.1, 0.15) is 46.4 Å². The third kappa shape index (κ3) is 4.33. The predicted molar refractivity (Wildman–Crippen MR) is 89.3 cm³/mol. The summed E-state index contributed by atoms with van der Waals surface area (Å²) >= 11 is 0. The highest BCUT2D eigenvalue weighted by atomic mass is 16.5. The third-order valence-electron chi connectivity index (χ3n) is 4.78. The molecule has 0 spiro atoms. The van der Waals surface area contributed by atoms with Crippen LogP contribution in [0.15, 0.2) is 24.3 Å². The molecule has 2 aliphatic rings. The number of carboxylic acid groups (broad SMARTS) is 1. The van der Waals surface area contributed by atoms with Crippen LogP contribution >= 0.6 is 0 Å². The van der Waals surface area contributed by atoms with Crippen LogP contribution in [0, 0.1) is 0 Å². The number of amides is 1. The van der Waals surface area contributed by atoms with E-state index >= 15 is 0 Å². The quantitative estimate of drug-likeness (QED) is 0.859. The Hall–Kier alpha value is -1.92. The van der Waals surface area contributed by atoms with Crippen molar-refractivity contribution >= 4 is 11.9 Å². The predicted octanol–water partition coefficient (Wildman–Crippen LogP) is 1.76. The number of ether oxygens (including phenoxy) is 1. The fourth-order valence-electron chi connectivity index (χ4n) is 3.40. The van der Waals surface area contributed by atoms with Crippen molar-refractivity contribution in [2.45, 2.75) is 37.8 Å². The minimum Gasteiger partial charge on any atom is -0.478 e. The first kappa shape index (κ1) is 16.9. The molecule has 1 aromatic carbocycles. The van der Waals surface area contributed by atoms with Gasteiger partial charge in [0, 0.05) is 37.8 Å². The van der Waals surface area contributed by atoms with Gasteiger partial charge in [-0.1, -0.05) is 6.07 Å². The highest BCUT2D eigenvalue weighted by Gasteiger charge is 2.25. The van der Waals surface area contributed by atoms with Crippen LogP contribution in [-0.4, -0.2) is 60.3 Å². The second-order valence-electron chi connectivity index (χ2n) is 6.57. The van der Waals surface area contributed by atoms with Crippen LogP contribution in [0.4, 0.5) is 0 Å². The van der Waals surface area contributed by atoms with Gasteiger partial charge >= 0.3 is 5.97 Å². The van der Waals surface area contributed by atoms with E-state index in [1.807, 2.05) is 0 Å². The van der Waals surface area contributed by atoms with Gasteiger partial charge in [-0.15, -0.1) is 0 Å². The van der Waals surface area contributed by atoms with Crippen LogP contribution in [0.3, 0.4) is 0 Å². The molecule has 1 atom stereocenters. The number of hydrogen-bond donors (Lipinski definition) is 2. The van der Waals surface area contributed by atoms with Crippen LogP contribution in [-0.2, 0) is 4.74 Å². The zero-order chi connectivity index (χ0) is 16.9. The van der Waals surface area contributed by atoms with E-state index in [-0.39, 0.29) is 17.5 Å². The maximum Gasteiger partial charge on any atom is 0.335 e. The molecule has 1 amide bonds. The van der Waals surface area contributed by atoms with Gasteiger partial charge in [-0.3, -0.25) is 4.79 Å². The summed E-state index contributed by atoms with van der Waals surface area (Å²) in [6.45, 7) is 3.79. The van der Waals surface area contributed by atoms with Gasteiger partial charge in [0.1, 0.15) is 0 Å². The number of nitrogens with zero attached hydrogens (tertiary/aromatic N) is 1. The van der Waals surface area contributed by atoms with Gasteiger partial charge in [0.05, 0.1) is 11.7 Å². The molecular formula is C18H24N2O4. The molecule has 2 heterocycles. The number of piperidine rings is 1. The van der Waals surface area contributed by atoms with Crippen molar-refractivity contribution in [1.29, 1.82) is 0 Å². The van der Waals surface area contributed by atoms with E-state index in [1.54, 1.807) is 12.1 Å². The van der Waals surface area contributed by atoms with Crippen molar-refractivity contribution in [2.75, 3.05) is 26.2 Å². The number of likely N-dealkylation sites (tertiary alicyclic amines) is 1. The van der Waals surface area contributed by atoms with Gasteiger partial charge in [-0.25, -0.2) is 4.79 Å². The lowest BCUT2D eigenvalue weighted by atomic mass is 10.0. The van der Waals surface area contributed by atoms with Crippen molar-refractivity contribution in [3.8, 4) is 0 Å².